The molecule has 0 aromatic carbocycles. The molecule has 0 aromatic heterocycles. The molecule has 0 saturated carbocycles. The van der Waals surface area contributed by atoms with Gasteiger partial charge in [0, 0.05) is 12.8 Å². The van der Waals surface area contributed by atoms with E-state index in [2.05, 4.69) is 98.8 Å². The summed E-state index contributed by atoms with van der Waals surface area (Å²) < 4.78 is 52.9. The maximum absolute atomic E-state index is 12.2. The molecule has 5 unspecified atom stereocenters. The largest absolute Gasteiger partial charge is 0.472 e. The number of unbranched alkanes of at least 4 members (excludes halogenated alkanes) is 6. The number of carbonyl (C=O) groups excluding carboxylic acids is 2. The summed E-state index contributed by atoms with van der Waals surface area (Å²) in [4.78, 5) is 43.7. The molecule has 0 aliphatic heterocycles. The molecule has 5 atom stereocenters. The lowest BCUT2D eigenvalue weighted by Gasteiger charge is -2.19. The molecule has 0 bridgehead atoms. The van der Waals surface area contributed by atoms with Crippen LogP contribution in [0.1, 0.15) is 117 Å². The lowest BCUT2D eigenvalue weighted by molar-refractivity contribution is -0.148. The molecule has 15 nitrogen and oxygen atoms in total. The smallest absolute Gasteiger partial charge is 0.463 e. The van der Waals surface area contributed by atoms with Crippen LogP contribution >= 0.6 is 15.6 Å². The second-order valence-electron chi connectivity index (χ2n) is 15.2. The van der Waals surface area contributed by atoms with Gasteiger partial charge in [0.15, 0.2) is 0 Å². The molecular formula is C51H80O15P2. The summed E-state index contributed by atoms with van der Waals surface area (Å²) in [5.41, 5.74) is 0. The monoisotopic (exact) mass is 994 g/mol. The number of aliphatic hydroxyl groups excluding tert-OH is 3. The van der Waals surface area contributed by atoms with Crippen molar-refractivity contribution in [1.29, 1.82) is 0 Å². The van der Waals surface area contributed by atoms with Crippen LogP contribution in [0.5, 0.6) is 0 Å². The molecule has 0 heterocycles. The highest BCUT2D eigenvalue weighted by Gasteiger charge is 2.28. The molecule has 0 amide bonds. The number of phosphoric ester groups is 2. The molecule has 0 saturated heterocycles. The molecule has 384 valence electrons. The average molecular weight is 995 g/mol. The predicted octanol–water partition coefficient (Wildman–Crippen LogP) is 10.8. The third-order valence-electron chi connectivity index (χ3n) is 8.76. The van der Waals surface area contributed by atoms with Gasteiger partial charge >= 0.3 is 27.6 Å². The first kappa shape index (κ1) is 64.2. The highest BCUT2D eigenvalue weighted by Crippen LogP contribution is 2.45. The van der Waals surface area contributed by atoms with E-state index in [1.165, 1.54) is 0 Å². The zero-order valence-electron chi connectivity index (χ0n) is 40.2. The van der Waals surface area contributed by atoms with E-state index < -0.39 is 85.5 Å². The van der Waals surface area contributed by atoms with Gasteiger partial charge in [-0.25, -0.2) is 9.13 Å². The summed E-state index contributed by atoms with van der Waals surface area (Å²) >= 11 is 0. The van der Waals surface area contributed by atoms with Crippen LogP contribution in [-0.2, 0) is 46.3 Å². The fraction of sp³-hybridized carbons (Fsp3) is 0.529. The molecule has 0 aromatic rings. The van der Waals surface area contributed by atoms with E-state index >= 15 is 0 Å². The number of rotatable bonds is 43. The van der Waals surface area contributed by atoms with E-state index in [1.54, 1.807) is 0 Å². The van der Waals surface area contributed by atoms with Crippen LogP contribution in [0.4, 0.5) is 0 Å². The topological polar surface area (TPSA) is 225 Å². The van der Waals surface area contributed by atoms with E-state index in [9.17, 15) is 43.8 Å². The quantitative estimate of drug-likeness (QED) is 0.0126. The van der Waals surface area contributed by atoms with Crippen molar-refractivity contribution >= 4 is 27.6 Å². The van der Waals surface area contributed by atoms with Crippen molar-refractivity contribution in [3.05, 3.63) is 134 Å². The predicted molar refractivity (Wildman–Crippen MR) is 269 cm³/mol. The molecule has 0 fully saturated rings. The third-order valence-corrected chi connectivity index (χ3v) is 10.7. The van der Waals surface area contributed by atoms with Crippen LogP contribution in [-0.4, -0.2) is 95.0 Å². The van der Waals surface area contributed by atoms with E-state index in [-0.39, 0.29) is 12.8 Å². The highest BCUT2D eigenvalue weighted by molar-refractivity contribution is 7.47. The van der Waals surface area contributed by atoms with E-state index in [4.69, 9.17) is 9.47 Å². The minimum absolute atomic E-state index is 0.137. The number of allylic oxidation sites excluding steroid dienone is 22. The summed E-state index contributed by atoms with van der Waals surface area (Å²) in [5.74, 6) is -1.08. The maximum Gasteiger partial charge on any atom is 0.472 e. The van der Waals surface area contributed by atoms with Crippen molar-refractivity contribution in [2.75, 3.05) is 39.6 Å². The molecule has 0 spiro atoms. The Hall–Kier alpha value is -3.82. The maximum atomic E-state index is 12.2. The van der Waals surface area contributed by atoms with Gasteiger partial charge < -0.3 is 34.6 Å². The number of phosphoric acid groups is 2. The Balaban J connectivity index is 4.01. The van der Waals surface area contributed by atoms with E-state index in [0.717, 1.165) is 77.0 Å². The number of esters is 2. The van der Waals surface area contributed by atoms with Gasteiger partial charge in [-0.3, -0.25) is 27.7 Å². The Bertz CT molecular complexity index is 1720. The van der Waals surface area contributed by atoms with Gasteiger partial charge in [-0.2, -0.15) is 0 Å². The van der Waals surface area contributed by atoms with Crippen LogP contribution in [0.2, 0.25) is 0 Å². The van der Waals surface area contributed by atoms with Gasteiger partial charge in [-0.15, -0.1) is 0 Å². The first-order valence-electron chi connectivity index (χ1n) is 23.6. The van der Waals surface area contributed by atoms with Crippen LogP contribution in [0.15, 0.2) is 134 Å². The molecule has 68 heavy (non-hydrogen) atoms. The van der Waals surface area contributed by atoms with Gasteiger partial charge in [0.05, 0.1) is 26.4 Å². The second-order valence-corrected chi connectivity index (χ2v) is 18.1. The zero-order chi connectivity index (χ0) is 50.2. The van der Waals surface area contributed by atoms with Crippen molar-refractivity contribution < 1.29 is 71.4 Å². The number of ether oxygens (including phenoxy) is 2. The SMILES string of the molecule is CC\C=C/C=C/C=C/C=C\C=C\C=C\CCCCCC(=O)OCC(O)COP(=O)(O)OCC(O)COP(=O)(O)OCC(O)COC(=O)CCCCC/C=C\C/C=C\C/C=C\C/C=C\C/C=C\CC. The molecule has 0 aliphatic carbocycles. The minimum atomic E-state index is -4.81. The summed E-state index contributed by atoms with van der Waals surface area (Å²) in [6, 6.07) is 0. The van der Waals surface area contributed by atoms with Gasteiger partial charge in [0.25, 0.3) is 0 Å². The minimum Gasteiger partial charge on any atom is -0.463 e. The van der Waals surface area contributed by atoms with Gasteiger partial charge in [-0.1, -0.05) is 160 Å². The van der Waals surface area contributed by atoms with Crippen LogP contribution in [0, 0.1) is 0 Å². The van der Waals surface area contributed by atoms with E-state index in [0.29, 0.717) is 12.8 Å². The summed E-state index contributed by atoms with van der Waals surface area (Å²) in [5, 5.41) is 30.0. The Morgan fingerprint density at radius 3 is 1.09 bits per heavy atom. The second kappa shape index (κ2) is 45.6. The summed E-state index contributed by atoms with van der Waals surface area (Å²) in [6.45, 7) is 0.0158. The van der Waals surface area contributed by atoms with Gasteiger partial charge in [0.2, 0.25) is 0 Å². The molecule has 0 rings (SSSR count). The van der Waals surface area contributed by atoms with Crippen LogP contribution in [0.25, 0.3) is 0 Å². The summed E-state index contributed by atoms with van der Waals surface area (Å²) in [7, 11) is -9.62. The zero-order valence-corrected chi connectivity index (χ0v) is 42.0. The normalized spacial score (nSPS) is 16.2. The van der Waals surface area contributed by atoms with Crippen molar-refractivity contribution in [3.8, 4) is 0 Å². The van der Waals surface area contributed by atoms with E-state index in [1.807, 2.05) is 66.8 Å². The number of hydrogen-bond acceptors (Lipinski definition) is 13. The lowest BCUT2D eigenvalue weighted by Crippen LogP contribution is -2.25. The molecule has 5 N–H and O–H groups in total. The van der Waals surface area contributed by atoms with Crippen LogP contribution in [0.3, 0.4) is 0 Å². The van der Waals surface area contributed by atoms with Crippen molar-refractivity contribution in [1.82, 2.24) is 0 Å². The first-order chi connectivity index (χ1) is 32.8. The third kappa shape index (κ3) is 47.3. The Labute approximate surface area is 405 Å². The van der Waals surface area contributed by atoms with Gasteiger partial charge in [-0.05, 0) is 77.0 Å². The van der Waals surface area contributed by atoms with Crippen molar-refractivity contribution in [3.63, 3.8) is 0 Å². The molecule has 17 heteroatoms. The first-order valence-corrected chi connectivity index (χ1v) is 26.6. The van der Waals surface area contributed by atoms with Crippen LogP contribution < -0.4 is 0 Å². The Morgan fingerprint density at radius 1 is 0.397 bits per heavy atom. The summed E-state index contributed by atoms with van der Waals surface area (Å²) in [6.07, 6.45) is 52.9. The number of carbonyl (C=O) groups is 2. The Kier molecular flexibility index (Phi) is 43.1. The highest BCUT2D eigenvalue weighted by atomic mass is 31.2. The average Bonchev–Trinajstić information content (AvgIpc) is 3.31. The number of aliphatic hydroxyl groups is 3. The molecule has 0 aliphatic rings. The standard InChI is InChI=1S/C51H80O15P2/c1-3-5-7-9-11-13-15-17-19-21-22-24-26-28-30-32-34-36-38-40-51(56)62-42-48(53)44-64-68(59,60)66-46-49(54)45-65-67(57,58)63-43-47(52)41-61-50(55)39-37-35-33-31-29-27-25-23-20-18-16-14-12-10-8-6-4-2/h5-8,10-14,16-20,22-25,27-30,47-49,52-54H,3-4,9,15,21,26,31-46H2,1-2H3,(H,57,58)(H,59,60)/b7-5-,8-6-,12-10+,13-11-,16-14+,19-17-,20-18-,24-22-,25-23+,29-27+,30-28-. The van der Waals surface area contributed by atoms with Crippen molar-refractivity contribution in [2.45, 2.75) is 135 Å². The van der Waals surface area contributed by atoms with Gasteiger partial charge in [0.1, 0.15) is 31.5 Å². The molecule has 0 radical (unpaired) electrons. The number of hydrogen-bond donors (Lipinski definition) is 5. The molecular weight excluding hydrogens is 914 g/mol. The fourth-order valence-corrected chi connectivity index (χ4v) is 6.74. The fourth-order valence-electron chi connectivity index (χ4n) is 5.15. The lowest BCUT2D eigenvalue weighted by atomic mass is 10.1. The van der Waals surface area contributed by atoms with Crippen molar-refractivity contribution in [2.24, 2.45) is 0 Å². The Morgan fingerprint density at radius 2 is 0.706 bits per heavy atom.